The first-order valence-electron chi connectivity index (χ1n) is 5.41. The maximum absolute atomic E-state index is 11.5. The molecule has 0 bridgehead atoms. The van der Waals surface area contributed by atoms with E-state index in [0.717, 1.165) is 11.4 Å². The molecule has 0 fully saturated rings. The van der Waals surface area contributed by atoms with Crippen molar-refractivity contribution in [2.45, 2.75) is 27.3 Å². The number of hydrogen-bond acceptors (Lipinski definition) is 3. The minimum atomic E-state index is -0.0773. The van der Waals surface area contributed by atoms with Crippen molar-refractivity contribution in [2.75, 3.05) is 13.2 Å². The van der Waals surface area contributed by atoms with Crippen LogP contribution in [0.5, 0.6) is 0 Å². The third-order valence-corrected chi connectivity index (χ3v) is 2.36. The van der Waals surface area contributed by atoms with E-state index in [4.69, 9.17) is 5.11 Å². The molecule has 0 radical (unpaired) electrons. The summed E-state index contributed by atoms with van der Waals surface area (Å²) in [5.74, 6) is 0.0101. The van der Waals surface area contributed by atoms with Crippen LogP contribution in [-0.4, -0.2) is 33.9 Å². The van der Waals surface area contributed by atoms with Gasteiger partial charge < -0.3 is 10.4 Å². The van der Waals surface area contributed by atoms with Crippen molar-refractivity contribution in [3.05, 3.63) is 17.5 Å². The lowest BCUT2D eigenvalue weighted by atomic mass is 10.2. The molecule has 0 saturated heterocycles. The topological polar surface area (TPSA) is 67.2 Å². The molecule has 0 aliphatic carbocycles. The van der Waals surface area contributed by atoms with Gasteiger partial charge in [-0.3, -0.25) is 9.48 Å². The van der Waals surface area contributed by atoms with Gasteiger partial charge in [-0.2, -0.15) is 5.10 Å². The highest BCUT2D eigenvalue weighted by Crippen LogP contribution is 2.01. The molecule has 0 aromatic carbocycles. The third kappa shape index (κ3) is 3.66. The fraction of sp³-hybridized carbons (Fsp3) is 0.636. The van der Waals surface area contributed by atoms with Gasteiger partial charge in [0.25, 0.3) is 0 Å². The first kappa shape index (κ1) is 12.7. The van der Waals surface area contributed by atoms with E-state index in [1.807, 2.05) is 26.8 Å². The Morgan fingerprint density at radius 1 is 1.62 bits per heavy atom. The highest BCUT2D eigenvalue weighted by atomic mass is 16.3. The summed E-state index contributed by atoms with van der Waals surface area (Å²) < 4.78 is 1.67. The Labute approximate surface area is 95.5 Å². The molecule has 0 aliphatic rings. The molecule has 1 rings (SSSR count). The van der Waals surface area contributed by atoms with Crippen molar-refractivity contribution in [3.8, 4) is 0 Å². The lowest BCUT2D eigenvalue weighted by Crippen LogP contribution is -2.32. The van der Waals surface area contributed by atoms with E-state index in [1.165, 1.54) is 0 Å². The van der Waals surface area contributed by atoms with Gasteiger partial charge in [-0.1, -0.05) is 6.92 Å². The number of rotatable bonds is 5. The highest BCUT2D eigenvalue weighted by Gasteiger charge is 2.08. The summed E-state index contributed by atoms with van der Waals surface area (Å²) >= 11 is 0. The molecule has 1 atom stereocenters. The fourth-order valence-corrected chi connectivity index (χ4v) is 1.38. The number of carbonyl (C=O) groups is 1. The van der Waals surface area contributed by atoms with Gasteiger partial charge in [0.05, 0.1) is 5.69 Å². The molecule has 16 heavy (non-hydrogen) atoms. The number of carbonyl (C=O) groups excluding carboxylic acids is 1. The smallest absolute Gasteiger partial charge is 0.241 e. The summed E-state index contributed by atoms with van der Waals surface area (Å²) in [6.07, 6.45) is 0. The predicted octanol–water partition coefficient (Wildman–Crippen LogP) is 0.245. The van der Waals surface area contributed by atoms with Crippen LogP contribution in [0.1, 0.15) is 18.3 Å². The molecular weight excluding hydrogens is 206 g/mol. The molecule has 5 heteroatoms. The Morgan fingerprint density at radius 2 is 2.31 bits per heavy atom. The van der Waals surface area contributed by atoms with E-state index in [0.29, 0.717) is 6.54 Å². The normalized spacial score (nSPS) is 12.5. The van der Waals surface area contributed by atoms with Gasteiger partial charge in [0.2, 0.25) is 5.91 Å². The molecule has 2 N–H and O–H groups in total. The molecule has 1 unspecified atom stereocenters. The molecule has 0 saturated carbocycles. The zero-order valence-electron chi connectivity index (χ0n) is 10.0. The van der Waals surface area contributed by atoms with Crippen LogP contribution < -0.4 is 5.32 Å². The van der Waals surface area contributed by atoms with Gasteiger partial charge in [0.1, 0.15) is 6.54 Å². The van der Waals surface area contributed by atoms with Crippen molar-refractivity contribution >= 4 is 5.91 Å². The van der Waals surface area contributed by atoms with Crippen molar-refractivity contribution in [3.63, 3.8) is 0 Å². The van der Waals surface area contributed by atoms with E-state index in [-0.39, 0.29) is 25.0 Å². The zero-order chi connectivity index (χ0) is 12.1. The first-order valence-corrected chi connectivity index (χ1v) is 5.41. The number of aromatic nitrogens is 2. The standard InChI is InChI=1S/C11H19N3O2/c1-8(7-15)5-12-11(16)6-14-10(3)4-9(2)13-14/h4,8,15H,5-7H2,1-3H3,(H,12,16). The Kier molecular flexibility index (Phi) is 4.49. The second-order valence-electron chi connectivity index (χ2n) is 4.18. The quantitative estimate of drug-likeness (QED) is 0.754. The van der Waals surface area contributed by atoms with Crippen LogP contribution >= 0.6 is 0 Å². The summed E-state index contributed by atoms with van der Waals surface area (Å²) in [5.41, 5.74) is 1.89. The fourth-order valence-electron chi connectivity index (χ4n) is 1.38. The molecule has 1 aromatic heterocycles. The largest absolute Gasteiger partial charge is 0.396 e. The van der Waals surface area contributed by atoms with E-state index in [2.05, 4.69) is 10.4 Å². The SMILES string of the molecule is Cc1cc(C)n(CC(=O)NCC(C)CO)n1. The number of amides is 1. The van der Waals surface area contributed by atoms with E-state index in [9.17, 15) is 4.79 Å². The molecule has 1 amide bonds. The molecule has 0 spiro atoms. The van der Waals surface area contributed by atoms with Crippen LogP contribution in [0.15, 0.2) is 6.07 Å². The molecule has 90 valence electrons. The van der Waals surface area contributed by atoms with Crippen molar-refractivity contribution in [2.24, 2.45) is 5.92 Å². The zero-order valence-corrected chi connectivity index (χ0v) is 10.0. The number of aliphatic hydroxyl groups excluding tert-OH is 1. The van der Waals surface area contributed by atoms with Gasteiger partial charge in [0, 0.05) is 18.8 Å². The lowest BCUT2D eigenvalue weighted by Gasteiger charge is -2.10. The molecular formula is C11H19N3O2. The van der Waals surface area contributed by atoms with Gasteiger partial charge in [0.15, 0.2) is 0 Å². The van der Waals surface area contributed by atoms with Crippen molar-refractivity contribution in [1.82, 2.24) is 15.1 Å². The van der Waals surface area contributed by atoms with Crippen molar-refractivity contribution < 1.29 is 9.90 Å². The molecule has 1 aromatic rings. The second kappa shape index (κ2) is 5.65. The van der Waals surface area contributed by atoms with Gasteiger partial charge in [-0.05, 0) is 25.8 Å². The monoisotopic (exact) mass is 225 g/mol. The number of aliphatic hydroxyl groups is 1. The Morgan fingerprint density at radius 3 is 2.81 bits per heavy atom. The molecule has 0 aliphatic heterocycles. The maximum Gasteiger partial charge on any atom is 0.241 e. The first-order chi connectivity index (χ1) is 7.52. The summed E-state index contributed by atoms with van der Waals surface area (Å²) in [4.78, 5) is 11.5. The highest BCUT2D eigenvalue weighted by molar-refractivity contribution is 5.75. The van der Waals surface area contributed by atoms with Crippen molar-refractivity contribution in [1.29, 1.82) is 0 Å². The van der Waals surface area contributed by atoms with Gasteiger partial charge >= 0.3 is 0 Å². The minimum absolute atomic E-state index is 0.0773. The van der Waals surface area contributed by atoms with Gasteiger partial charge in [-0.15, -0.1) is 0 Å². The predicted molar refractivity (Wildman–Crippen MR) is 61.0 cm³/mol. The Balaban J connectivity index is 2.43. The minimum Gasteiger partial charge on any atom is -0.396 e. The van der Waals surface area contributed by atoms with E-state index >= 15 is 0 Å². The third-order valence-electron chi connectivity index (χ3n) is 2.36. The second-order valence-corrected chi connectivity index (χ2v) is 4.18. The summed E-state index contributed by atoms with van der Waals surface area (Å²) in [7, 11) is 0. The number of aryl methyl sites for hydroxylation is 2. The number of nitrogens with one attached hydrogen (secondary N) is 1. The average molecular weight is 225 g/mol. The summed E-state index contributed by atoms with van der Waals surface area (Å²) in [6.45, 7) is 6.51. The number of hydrogen-bond donors (Lipinski definition) is 2. The van der Waals surface area contributed by atoms with Crippen LogP contribution in [-0.2, 0) is 11.3 Å². The molecule has 1 heterocycles. The van der Waals surface area contributed by atoms with E-state index in [1.54, 1.807) is 4.68 Å². The van der Waals surface area contributed by atoms with Crippen LogP contribution in [0.2, 0.25) is 0 Å². The summed E-state index contributed by atoms with van der Waals surface area (Å²) in [6, 6.07) is 1.93. The van der Waals surface area contributed by atoms with Crippen LogP contribution in [0.3, 0.4) is 0 Å². The van der Waals surface area contributed by atoms with Crippen LogP contribution in [0.25, 0.3) is 0 Å². The summed E-state index contributed by atoms with van der Waals surface area (Å²) in [5, 5.41) is 15.8. The average Bonchev–Trinajstić information content (AvgIpc) is 2.54. The van der Waals surface area contributed by atoms with E-state index < -0.39 is 0 Å². The van der Waals surface area contributed by atoms with Gasteiger partial charge in [-0.25, -0.2) is 0 Å². The Bertz CT molecular complexity index is 360. The maximum atomic E-state index is 11.5. The van der Waals surface area contributed by atoms with Crippen LogP contribution in [0, 0.1) is 19.8 Å². The number of nitrogens with zero attached hydrogens (tertiary/aromatic N) is 2. The van der Waals surface area contributed by atoms with Crippen LogP contribution in [0.4, 0.5) is 0 Å². The lowest BCUT2D eigenvalue weighted by molar-refractivity contribution is -0.122. The molecule has 5 nitrogen and oxygen atoms in total. The Hall–Kier alpha value is -1.36.